The van der Waals surface area contributed by atoms with Crippen LogP contribution in [0.25, 0.3) is 0 Å². The van der Waals surface area contributed by atoms with E-state index < -0.39 is 68.5 Å². The molecular formula is C27H41FO8S. The maximum Gasteiger partial charge on any atom is 0.306 e. The zero-order chi connectivity index (χ0) is 27.6. The second kappa shape index (κ2) is 9.37. The van der Waals surface area contributed by atoms with E-state index in [1.165, 1.54) is 0 Å². The standard InChI is InChI=1S/C27H41FO8S/c1-6-7-23(32)36-27(22(31)15-35-37(5,33)34)16(2)12-20-19-9-8-17-13-18(29)10-11-24(17,3)26(19,28)21(30)14-25(20,27)4/h16-17,19-21,30H,6-15H2,1-5H3/t16-,17+,19-,20-,21-,24-,25-,26-,27-/m0/s1. The van der Waals surface area contributed by atoms with Crippen LogP contribution < -0.4 is 0 Å². The van der Waals surface area contributed by atoms with Crippen LogP contribution in [0.1, 0.15) is 85.5 Å². The van der Waals surface area contributed by atoms with Crippen molar-refractivity contribution in [2.24, 2.45) is 34.5 Å². The van der Waals surface area contributed by atoms with Crippen LogP contribution in [0.5, 0.6) is 0 Å². The maximum absolute atomic E-state index is 17.5. The molecule has 0 bridgehead atoms. The lowest BCUT2D eigenvalue weighted by molar-refractivity contribution is -0.257. The van der Waals surface area contributed by atoms with Crippen LogP contribution in [-0.2, 0) is 33.4 Å². The minimum Gasteiger partial charge on any atom is -0.450 e. The number of carbonyl (C=O) groups excluding carboxylic acids is 3. The fraction of sp³-hybridized carbons (Fsp3) is 0.889. The minimum atomic E-state index is -3.94. The first-order chi connectivity index (χ1) is 17.1. The van der Waals surface area contributed by atoms with Gasteiger partial charge in [-0.1, -0.05) is 27.7 Å². The predicted molar refractivity (Wildman–Crippen MR) is 133 cm³/mol. The number of ether oxygens (including phenoxy) is 1. The van der Waals surface area contributed by atoms with E-state index in [9.17, 15) is 27.9 Å². The van der Waals surface area contributed by atoms with E-state index >= 15 is 4.39 Å². The first kappa shape index (κ1) is 28.6. The summed E-state index contributed by atoms with van der Waals surface area (Å²) in [6, 6.07) is 0. The molecule has 4 fully saturated rings. The number of hydrogen-bond donors (Lipinski definition) is 1. The lowest BCUT2D eigenvalue weighted by Crippen LogP contribution is -2.71. The number of esters is 1. The molecule has 0 spiro atoms. The van der Waals surface area contributed by atoms with E-state index in [1.54, 1.807) is 20.8 Å². The summed E-state index contributed by atoms with van der Waals surface area (Å²) in [6.45, 7) is 6.43. The van der Waals surface area contributed by atoms with Gasteiger partial charge in [-0.2, -0.15) is 8.42 Å². The molecule has 0 radical (unpaired) electrons. The van der Waals surface area contributed by atoms with Crippen molar-refractivity contribution in [1.29, 1.82) is 0 Å². The van der Waals surface area contributed by atoms with Gasteiger partial charge < -0.3 is 9.84 Å². The van der Waals surface area contributed by atoms with E-state index in [2.05, 4.69) is 0 Å². The highest BCUT2D eigenvalue weighted by Gasteiger charge is 2.77. The number of rotatable bonds is 7. The predicted octanol–water partition coefficient (Wildman–Crippen LogP) is 3.53. The van der Waals surface area contributed by atoms with E-state index in [0.717, 1.165) is 6.26 Å². The Morgan fingerprint density at radius 3 is 2.46 bits per heavy atom. The third-order valence-electron chi connectivity index (χ3n) is 10.6. The molecule has 0 aromatic carbocycles. The van der Waals surface area contributed by atoms with Gasteiger partial charge in [-0.25, -0.2) is 4.39 Å². The summed E-state index contributed by atoms with van der Waals surface area (Å²) in [7, 11) is -3.94. The van der Waals surface area contributed by atoms with Gasteiger partial charge in [-0.3, -0.25) is 18.6 Å². The minimum absolute atomic E-state index is 0.0717. The van der Waals surface area contributed by atoms with Gasteiger partial charge in [0.1, 0.15) is 18.1 Å². The van der Waals surface area contributed by atoms with Crippen LogP contribution in [0.4, 0.5) is 4.39 Å². The summed E-state index contributed by atoms with van der Waals surface area (Å²) in [4.78, 5) is 38.9. The molecule has 37 heavy (non-hydrogen) atoms. The van der Waals surface area contributed by atoms with Crippen molar-refractivity contribution in [3.63, 3.8) is 0 Å². The Balaban J connectivity index is 1.79. The molecule has 10 heteroatoms. The molecule has 1 N–H and O–H groups in total. The molecule has 0 amide bonds. The van der Waals surface area contributed by atoms with E-state index in [1.807, 2.05) is 6.92 Å². The summed E-state index contributed by atoms with van der Waals surface area (Å²) < 4.78 is 51.8. The zero-order valence-corrected chi connectivity index (χ0v) is 23.4. The van der Waals surface area contributed by atoms with Gasteiger partial charge in [-0.05, 0) is 56.3 Å². The Bertz CT molecular complexity index is 1080. The molecule has 4 aliphatic carbocycles. The summed E-state index contributed by atoms with van der Waals surface area (Å²) in [5.41, 5.74) is -5.70. The molecule has 4 rings (SSSR count). The number of ketones is 2. The number of carbonyl (C=O) groups is 3. The van der Waals surface area contributed by atoms with Gasteiger partial charge in [0.25, 0.3) is 10.1 Å². The quantitative estimate of drug-likeness (QED) is 0.381. The zero-order valence-electron chi connectivity index (χ0n) is 22.5. The molecule has 0 aromatic rings. The molecule has 0 aromatic heterocycles. The lowest BCUT2D eigenvalue weighted by atomic mass is 9.42. The number of Topliss-reactive ketones (excluding diaryl/α,β-unsaturated/α-hetero) is 2. The largest absolute Gasteiger partial charge is 0.450 e. The van der Waals surface area contributed by atoms with Crippen LogP contribution in [0.15, 0.2) is 0 Å². The second-order valence-corrected chi connectivity index (χ2v) is 14.2. The third kappa shape index (κ3) is 4.11. The van der Waals surface area contributed by atoms with Crippen molar-refractivity contribution in [2.75, 3.05) is 12.9 Å². The second-order valence-electron chi connectivity index (χ2n) is 12.5. The van der Waals surface area contributed by atoms with Crippen LogP contribution in [0.2, 0.25) is 0 Å². The normalized spacial score (nSPS) is 45.5. The average Bonchev–Trinajstić information content (AvgIpc) is 3.00. The highest BCUT2D eigenvalue weighted by Crippen LogP contribution is 2.72. The van der Waals surface area contributed by atoms with E-state index in [0.29, 0.717) is 38.5 Å². The van der Waals surface area contributed by atoms with Crippen molar-refractivity contribution >= 4 is 27.7 Å². The van der Waals surface area contributed by atoms with Crippen molar-refractivity contribution in [3.05, 3.63) is 0 Å². The summed E-state index contributed by atoms with van der Waals surface area (Å²) in [6.07, 6.45) is 2.34. The number of alkyl halides is 1. The Hall–Kier alpha value is -1.39. The number of halogens is 1. The topological polar surface area (TPSA) is 124 Å². The fourth-order valence-corrected chi connectivity index (χ4v) is 9.26. The molecule has 4 saturated carbocycles. The third-order valence-corrected chi connectivity index (χ3v) is 11.2. The summed E-state index contributed by atoms with van der Waals surface area (Å²) >= 11 is 0. The Labute approximate surface area is 219 Å². The number of hydrogen-bond acceptors (Lipinski definition) is 8. The van der Waals surface area contributed by atoms with Crippen molar-refractivity contribution in [1.82, 2.24) is 0 Å². The molecule has 0 saturated heterocycles. The van der Waals surface area contributed by atoms with Crippen molar-refractivity contribution in [2.45, 2.75) is 103 Å². The monoisotopic (exact) mass is 544 g/mol. The van der Waals surface area contributed by atoms with Gasteiger partial charge in [0.15, 0.2) is 5.60 Å². The molecule has 4 aliphatic rings. The maximum atomic E-state index is 17.5. The Morgan fingerprint density at radius 2 is 1.84 bits per heavy atom. The summed E-state index contributed by atoms with van der Waals surface area (Å²) in [5, 5.41) is 11.6. The molecule has 8 nitrogen and oxygen atoms in total. The SMILES string of the molecule is CCCC(=O)O[C@]1(C(=O)COS(C)(=O)=O)[C@@H](C)C[C@H]2[C@@H]3CC[C@@H]4CC(=O)CC[C@]4(C)[C@@]3(F)[C@@H](O)C[C@@]21C. The first-order valence-electron chi connectivity index (χ1n) is 13.5. The van der Waals surface area contributed by atoms with Crippen LogP contribution in [0, 0.1) is 34.5 Å². The number of aliphatic hydroxyl groups is 1. The molecule has 0 heterocycles. The van der Waals surface area contributed by atoms with Crippen LogP contribution in [-0.4, -0.2) is 61.3 Å². The lowest BCUT2D eigenvalue weighted by Gasteiger charge is -2.65. The van der Waals surface area contributed by atoms with Crippen LogP contribution >= 0.6 is 0 Å². The Kier molecular flexibility index (Phi) is 7.24. The van der Waals surface area contributed by atoms with Crippen LogP contribution in [0.3, 0.4) is 0 Å². The van der Waals surface area contributed by atoms with Gasteiger partial charge in [0.2, 0.25) is 5.78 Å². The van der Waals surface area contributed by atoms with Crippen molar-refractivity contribution in [3.8, 4) is 0 Å². The fourth-order valence-electron chi connectivity index (χ4n) is 8.94. The highest BCUT2D eigenvalue weighted by atomic mass is 32.2. The molecular weight excluding hydrogens is 503 g/mol. The summed E-state index contributed by atoms with van der Waals surface area (Å²) in [5.74, 6) is -2.79. The molecule has 0 aliphatic heterocycles. The number of fused-ring (bicyclic) bond motifs is 5. The first-order valence-corrected chi connectivity index (χ1v) is 15.4. The van der Waals surface area contributed by atoms with Gasteiger partial charge >= 0.3 is 5.97 Å². The smallest absolute Gasteiger partial charge is 0.306 e. The average molecular weight is 545 g/mol. The number of aliphatic hydroxyl groups excluding tert-OH is 1. The van der Waals surface area contributed by atoms with Crippen molar-refractivity contribution < 1.29 is 41.2 Å². The molecule has 9 atom stereocenters. The van der Waals surface area contributed by atoms with Gasteiger partial charge in [0.05, 0.1) is 12.4 Å². The highest BCUT2D eigenvalue weighted by molar-refractivity contribution is 7.86. The molecule has 210 valence electrons. The van der Waals surface area contributed by atoms with Gasteiger partial charge in [-0.15, -0.1) is 0 Å². The van der Waals surface area contributed by atoms with Gasteiger partial charge in [0, 0.05) is 36.0 Å². The van der Waals surface area contributed by atoms with E-state index in [4.69, 9.17) is 8.92 Å². The Morgan fingerprint density at radius 1 is 1.16 bits per heavy atom. The van der Waals surface area contributed by atoms with E-state index in [-0.39, 0.29) is 36.9 Å². The molecule has 0 unspecified atom stereocenters.